The van der Waals surface area contributed by atoms with Gasteiger partial charge < -0.3 is 40.1 Å². The molecule has 0 unspecified atom stereocenters. The van der Waals surface area contributed by atoms with Gasteiger partial charge in [-0.1, -0.05) is 64.5 Å². The van der Waals surface area contributed by atoms with Crippen LogP contribution in [0.2, 0.25) is 0 Å². The van der Waals surface area contributed by atoms with Crippen LogP contribution in [0.3, 0.4) is 0 Å². The maximum atomic E-state index is 13.2. The van der Waals surface area contributed by atoms with E-state index in [4.69, 9.17) is 24.5 Å². The van der Waals surface area contributed by atoms with Crippen LogP contribution in [0.15, 0.2) is 48.5 Å². The number of nitrogens with one attached hydrogen (secondary N) is 2. The second kappa shape index (κ2) is 25.4. The van der Waals surface area contributed by atoms with Crippen molar-refractivity contribution in [3.63, 3.8) is 0 Å². The zero-order valence-corrected chi connectivity index (χ0v) is 39.0. The first kappa shape index (κ1) is 50.0. The van der Waals surface area contributed by atoms with E-state index < -0.39 is 11.9 Å². The Balaban J connectivity index is 0.000000220. The third-order valence-electron chi connectivity index (χ3n) is 13.2. The largest absolute Gasteiger partial charge is 0.481 e. The Bertz CT molecular complexity index is 2040. The summed E-state index contributed by atoms with van der Waals surface area (Å²) in [6.07, 6.45) is 16.4. The van der Waals surface area contributed by atoms with E-state index >= 15 is 0 Å². The van der Waals surface area contributed by atoms with Crippen LogP contribution in [0, 0.1) is 23.6 Å². The second-order valence-corrected chi connectivity index (χ2v) is 19.0. The Hall–Kier alpha value is -5.47. The highest BCUT2D eigenvalue weighted by Gasteiger charge is 2.28. The van der Waals surface area contributed by atoms with Gasteiger partial charge in [0.1, 0.15) is 28.6 Å². The predicted molar refractivity (Wildman–Crippen MR) is 252 cm³/mol. The Morgan fingerprint density at radius 3 is 1.53 bits per heavy atom. The van der Waals surface area contributed by atoms with Crippen molar-refractivity contribution in [2.75, 3.05) is 49.2 Å². The zero-order valence-electron chi connectivity index (χ0n) is 39.0. The van der Waals surface area contributed by atoms with E-state index in [2.05, 4.69) is 34.3 Å². The predicted octanol–water partition coefficient (Wildman–Crippen LogP) is 8.86. The number of carbonyl (C=O) groups is 4. The summed E-state index contributed by atoms with van der Waals surface area (Å²) in [5.41, 5.74) is 1.82. The Morgan fingerprint density at radius 2 is 1.09 bits per heavy atom. The lowest BCUT2D eigenvalue weighted by Gasteiger charge is -2.33. The van der Waals surface area contributed by atoms with Crippen LogP contribution in [-0.2, 0) is 16.0 Å². The maximum absolute atomic E-state index is 13.2. The number of hydrogen-bond acceptors (Lipinski definition) is 10. The van der Waals surface area contributed by atoms with Gasteiger partial charge in [0.05, 0.1) is 13.2 Å². The van der Waals surface area contributed by atoms with Gasteiger partial charge in [-0.2, -0.15) is 9.97 Å². The molecule has 2 amide bonds. The van der Waals surface area contributed by atoms with Gasteiger partial charge in [0.2, 0.25) is 11.8 Å². The third kappa shape index (κ3) is 15.9. The number of anilines is 2. The molecule has 2 aliphatic carbocycles. The molecule has 2 saturated heterocycles. The van der Waals surface area contributed by atoms with Crippen molar-refractivity contribution in [3.8, 4) is 11.8 Å². The number of carboxylic acids is 2. The summed E-state index contributed by atoms with van der Waals surface area (Å²) in [5, 5.41) is 24.6. The van der Waals surface area contributed by atoms with Gasteiger partial charge in [0.25, 0.3) is 11.8 Å². The molecule has 4 heterocycles. The molecule has 2 atom stereocenters. The van der Waals surface area contributed by atoms with E-state index in [1.54, 1.807) is 18.2 Å². The smallest absolute Gasteiger partial charge is 0.303 e. The summed E-state index contributed by atoms with van der Waals surface area (Å²) in [6, 6.07) is 13.9. The summed E-state index contributed by atoms with van der Waals surface area (Å²) in [6.45, 7) is 7.99. The third-order valence-corrected chi connectivity index (χ3v) is 13.2. The first-order valence-corrected chi connectivity index (χ1v) is 24.5. The van der Waals surface area contributed by atoms with Crippen molar-refractivity contribution in [1.29, 1.82) is 0 Å². The van der Waals surface area contributed by atoms with Crippen LogP contribution in [0.25, 0.3) is 0 Å². The highest BCUT2D eigenvalue weighted by molar-refractivity contribution is 5.97. The molecule has 2 aromatic heterocycles. The van der Waals surface area contributed by atoms with Gasteiger partial charge >= 0.3 is 11.9 Å². The summed E-state index contributed by atoms with van der Waals surface area (Å²) in [7, 11) is 0. The first-order valence-electron chi connectivity index (χ1n) is 24.5. The molecule has 15 heteroatoms. The number of pyridine rings is 2. The summed E-state index contributed by atoms with van der Waals surface area (Å²) in [4.78, 5) is 62.0. The Labute approximate surface area is 389 Å². The highest BCUT2D eigenvalue weighted by Crippen LogP contribution is 2.30. The van der Waals surface area contributed by atoms with Gasteiger partial charge in [0.15, 0.2) is 0 Å². The molecule has 4 aliphatic rings. The number of benzene rings is 1. The average molecular weight is 915 g/mol. The minimum atomic E-state index is -0.788. The van der Waals surface area contributed by atoms with Crippen molar-refractivity contribution in [2.45, 2.75) is 142 Å². The number of aliphatic carboxylic acids is 2. The molecule has 360 valence electrons. The van der Waals surface area contributed by atoms with Crippen LogP contribution in [-0.4, -0.2) is 95.4 Å². The number of ether oxygens (including phenoxy) is 2. The number of carbonyl (C=O) groups excluding carboxylic acids is 2. The number of piperidine rings is 2. The van der Waals surface area contributed by atoms with E-state index in [0.717, 1.165) is 108 Å². The van der Waals surface area contributed by atoms with E-state index in [0.29, 0.717) is 61.5 Å². The molecular formula is C51H71FN6O8. The van der Waals surface area contributed by atoms with Gasteiger partial charge in [-0.15, -0.1) is 0 Å². The second-order valence-electron chi connectivity index (χ2n) is 19.0. The monoisotopic (exact) mass is 915 g/mol. The van der Waals surface area contributed by atoms with Crippen molar-refractivity contribution in [2.24, 2.45) is 17.8 Å². The lowest BCUT2D eigenvalue weighted by molar-refractivity contribution is -0.139. The quantitative estimate of drug-likeness (QED) is 0.0953. The summed E-state index contributed by atoms with van der Waals surface area (Å²) < 4.78 is 25.2. The number of aromatic nitrogens is 2. The molecule has 0 spiro atoms. The lowest BCUT2D eigenvalue weighted by Crippen LogP contribution is -2.38. The summed E-state index contributed by atoms with van der Waals surface area (Å²) >= 11 is 0. The van der Waals surface area contributed by atoms with Gasteiger partial charge in [-0.25, -0.2) is 4.39 Å². The van der Waals surface area contributed by atoms with Crippen LogP contribution in [0.5, 0.6) is 11.8 Å². The standard InChI is InChI=1S/C27H34FN3O4.C24H37N3O4/c28-21-10-8-19(9-11-21)14-16-35-27-23(26(34)29-22-6-2-1-3-7-22)12-13-24(30-27)31-15-4-5-20(18-31)17-25(32)33;1-17(2)12-14-31-24-20(23(30)25-19-8-4-3-5-9-19)10-11-21(26-24)27-13-6-7-18(16-27)15-22(28)29/h8-13,20,22H,1-7,14-18H2,(H,29,34)(H,32,33);10-11,17-19H,3-9,12-16H2,1-2H3,(H,25,30)(H,28,29)/t20-;18-/m00/s1. The van der Waals surface area contributed by atoms with Crippen molar-refractivity contribution < 1.29 is 43.3 Å². The first-order chi connectivity index (χ1) is 31.9. The van der Waals surface area contributed by atoms with Gasteiger partial charge in [-0.05, 0) is 118 Å². The maximum Gasteiger partial charge on any atom is 0.303 e. The number of rotatable bonds is 18. The molecule has 2 aliphatic heterocycles. The van der Waals surface area contributed by atoms with Crippen LogP contribution < -0.4 is 29.9 Å². The molecule has 7 rings (SSSR count). The molecule has 14 nitrogen and oxygen atoms in total. The van der Waals surface area contributed by atoms with Crippen LogP contribution in [0.1, 0.15) is 149 Å². The minimum Gasteiger partial charge on any atom is -0.481 e. The van der Waals surface area contributed by atoms with Crippen molar-refractivity contribution in [3.05, 3.63) is 71.0 Å². The number of nitrogens with zero attached hydrogens (tertiary/aromatic N) is 4. The molecular weight excluding hydrogens is 844 g/mol. The number of hydrogen-bond donors (Lipinski definition) is 4. The normalized spacial score (nSPS) is 19.3. The number of amides is 2. The molecule has 4 fully saturated rings. The lowest BCUT2D eigenvalue weighted by atomic mass is 9.95. The van der Waals surface area contributed by atoms with E-state index in [-0.39, 0.29) is 60.3 Å². The number of halogens is 1. The minimum absolute atomic E-state index is 0.0696. The zero-order chi connectivity index (χ0) is 46.8. The molecule has 0 radical (unpaired) electrons. The Kier molecular flexibility index (Phi) is 19.3. The SMILES string of the molecule is CC(C)CCOc1nc(N2CCC[C@@H](CC(=O)O)C2)ccc1C(=O)NC1CCCCC1.O=C(O)C[C@@H]1CCCN(c2ccc(C(=O)NC3CCCCC3)c(OCCc3ccc(F)cc3)n2)C1. The molecule has 4 N–H and O–H groups in total. The Morgan fingerprint density at radius 1 is 0.636 bits per heavy atom. The highest BCUT2D eigenvalue weighted by atomic mass is 19.1. The fourth-order valence-corrected chi connectivity index (χ4v) is 9.48. The van der Waals surface area contributed by atoms with Gasteiger partial charge in [0, 0.05) is 57.5 Å². The average Bonchev–Trinajstić information content (AvgIpc) is 3.30. The fraction of sp³-hybridized carbons (Fsp3) is 0.608. The van der Waals surface area contributed by atoms with Crippen LogP contribution >= 0.6 is 0 Å². The summed E-state index contributed by atoms with van der Waals surface area (Å²) in [5.74, 6) is 0.655. The number of carboxylic acid groups (broad SMARTS) is 2. The van der Waals surface area contributed by atoms with Crippen LogP contribution in [0.4, 0.5) is 16.0 Å². The molecule has 1 aromatic carbocycles. The van der Waals surface area contributed by atoms with Crippen molar-refractivity contribution in [1.82, 2.24) is 20.6 Å². The molecule has 0 bridgehead atoms. The van der Waals surface area contributed by atoms with E-state index in [9.17, 15) is 28.7 Å². The van der Waals surface area contributed by atoms with E-state index in [1.807, 2.05) is 18.2 Å². The molecule has 2 saturated carbocycles. The molecule has 3 aromatic rings. The molecule has 66 heavy (non-hydrogen) atoms. The van der Waals surface area contributed by atoms with E-state index in [1.165, 1.54) is 25.0 Å². The van der Waals surface area contributed by atoms with Gasteiger partial charge in [-0.3, -0.25) is 19.2 Å². The van der Waals surface area contributed by atoms with Crippen molar-refractivity contribution >= 4 is 35.4 Å². The fourth-order valence-electron chi connectivity index (χ4n) is 9.48. The topological polar surface area (TPSA) is 184 Å².